The first-order chi connectivity index (χ1) is 9.67. The second kappa shape index (κ2) is 4.85. The maximum absolute atomic E-state index is 12.2. The van der Waals surface area contributed by atoms with Crippen molar-refractivity contribution in [3.8, 4) is 11.5 Å². The molecule has 0 unspecified atom stereocenters. The average Bonchev–Trinajstić information content (AvgIpc) is 2.75. The maximum atomic E-state index is 12.2. The Morgan fingerprint density at radius 3 is 2.60 bits per heavy atom. The second-order valence-corrected chi connectivity index (χ2v) is 4.72. The smallest absolute Gasteiger partial charge is 0.231 e. The van der Waals surface area contributed by atoms with Gasteiger partial charge in [0.15, 0.2) is 5.76 Å². The third-order valence-corrected chi connectivity index (χ3v) is 3.34. The van der Waals surface area contributed by atoms with E-state index in [1.54, 1.807) is 12.1 Å². The molecule has 3 nitrogen and oxygen atoms in total. The number of hydrogen-bond donors (Lipinski definition) is 1. The summed E-state index contributed by atoms with van der Waals surface area (Å²) in [5.41, 5.74) is 2.65. The number of fused-ring (bicyclic) bond motifs is 1. The Morgan fingerprint density at radius 1 is 1.15 bits per heavy atom. The van der Waals surface area contributed by atoms with Crippen LogP contribution in [0.2, 0.25) is 0 Å². The monoisotopic (exact) mass is 266 g/mol. The predicted molar refractivity (Wildman–Crippen MR) is 76.9 cm³/mol. The van der Waals surface area contributed by atoms with Crippen molar-refractivity contribution in [3.05, 3.63) is 64.9 Å². The number of rotatable bonds is 2. The highest BCUT2D eigenvalue weighted by Crippen LogP contribution is 2.34. The minimum absolute atomic E-state index is 0.0881. The Labute approximate surface area is 117 Å². The van der Waals surface area contributed by atoms with Gasteiger partial charge < -0.3 is 9.84 Å². The minimum atomic E-state index is -0.153. The summed E-state index contributed by atoms with van der Waals surface area (Å²) in [6.45, 7) is 2.10. The number of phenolic OH excluding ortho intramolecular Hbond substituents is 1. The first-order valence-electron chi connectivity index (χ1n) is 6.53. The molecule has 1 heterocycles. The number of hydrogen-bond acceptors (Lipinski definition) is 3. The zero-order valence-corrected chi connectivity index (χ0v) is 11.1. The van der Waals surface area contributed by atoms with E-state index in [-0.39, 0.29) is 17.3 Å². The van der Waals surface area contributed by atoms with E-state index < -0.39 is 0 Å². The van der Waals surface area contributed by atoms with E-state index in [1.807, 2.05) is 24.3 Å². The van der Waals surface area contributed by atoms with E-state index in [0.29, 0.717) is 11.3 Å². The van der Waals surface area contributed by atoms with E-state index in [4.69, 9.17) is 4.74 Å². The van der Waals surface area contributed by atoms with Crippen LogP contribution >= 0.6 is 0 Å². The third kappa shape index (κ3) is 2.18. The molecule has 3 rings (SSSR count). The van der Waals surface area contributed by atoms with E-state index in [9.17, 15) is 9.90 Å². The number of carbonyl (C=O) groups is 1. The third-order valence-electron chi connectivity index (χ3n) is 3.34. The molecule has 0 amide bonds. The molecule has 1 aliphatic rings. The highest BCUT2D eigenvalue weighted by atomic mass is 16.5. The van der Waals surface area contributed by atoms with Gasteiger partial charge in [-0.25, -0.2) is 0 Å². The van der Waals surface area contributed by atoms with Gasteiger partial charge in [-0.05, 0) is 35.8 Å². The number of allylic oxidation sites excluding steroid dienone is 1. The van der Waals surface area contributed by atoms with Crippen LogP contribution in [0.4, 0.5) is 0 Å². The van der Waals surface area contributed by atoms with Crippen molar-refractivity contribution in [3.63, 3.8) is 0 Å². The molecule has 2 aromatic rings. The summed E-state index contributed by atoms with van der Waals surface area (Å²) in [7, 11) is 0. The number of Topliss-reactive ketones (excluding diaryl/α,β-unsaturated/α-hetero) is 1. The Kier molecular flexibility index (Phi) is 3.03. The number of ketones is 1. The summed E-state index contributed by atoms with van der Waals surface area (Å²) in [6.07, 6.45) is 2.70. The Bertz CT molecular complexity index is 697. The molecule has 0 saturated carbocycles. The lowest BCUT2D eigenvalue weighted by Gasteiger charge is -2.00. The maximum Gasteiger partial charge on any atom is 0.231 e. The van der Waals surface area contributed by atoms with E-state index in [0.717, 1.165) is 12.0 Å². The summed E-state index contributed by atoms with van der Waals surface area (Å²) in [5.74, 6) is 0.631. The van der Waals surface area contributed by atoms with E-state index in [1.165, 1.54) is 17.7 Å². The molecule has 0 bridgehead atoms. The lowest BCUT2D eigenvalue weighted by atomic mass is 10.1. The van der Waals surface area contributed by atoms with Crippen LogP contribution in [0.25, 0.3) is 6.08 Å². The van der Waals surface area contributed by atoms with Crippen LogP contribution in [-0.4, -0.2) is 10.9 Å². The molecule has 0 fully saturated rings. The molecule has 1 aliphatic heterocycles. The van der Waals surface area contributed by atoms with Crippen molar-refractivity contribution in [2.24, 2.45) is 0 Å². The lowest BCUT2D eigenvalue weighted by Crippen LogP contribution is -1.98. The van der Waals surface area contributed by atoms with E-state index >= 15 is 0 Å². The van der Waals surface area contributed by atoms with Gasteiger partial charge in [0.2, 0.25) is 5.78 Å². The number of benzene rings is 2. The molecule has 2 aromatic carbocycles. The van der Waals surface area contributed by atoms with Gasteiger partial charge in [0.25, 0.3) is 0 Å². The molecule has 100 valence electrons. The van der Waals surface area contributed by atoms with Gasteiger partial charge in [0, 0.05) is 6.07 Å². The number of aromatic hydroxyl groups is 1. The van der Waals surface area contributed by atoms with Crippen LogP contribution in [0.3, 0.4) is 0 Å². The van der Waals surface area contributed by atoms with Crippen LogP contribution in [0.1, 0.15) is 28.4 Å². The standard InChI is InChI=1S/C17H14O3/c1-2-11-3-5-12(6-4-11)9-16-17(19)14-8-7-13(18)10-15(14)20-16/h3-10,18H,2H2,1H3/b16-9+. The van der Waals surface area contributed by atoms with Crippen molar-refractivity contribution in [1.29, 1.82) is 0 Å². The summed E-state index contributed by atoms with van der Waals surface area (Å²) in [6, 6.07) is 12.5. The lowest BCUT2D eigenvalue weighted by molar-refractivity contribution is 0.101. The molecule has 0 spiro atoms. The number of carbonyl (C=O) groups excluding carboxylic acids is 1. The zero-order chi connectivity index (χ0) is 14.1. The Balaban J connectivity index is 1.92. The van der Waals surface area contributed by atoms with Gasteiger partial charge in [-0.15, -0.1) is 0 Å². The molecule has 1 N–H and O–H groups in total. The molecule has 20 heavy (non-hydrogen) atoms. The van der Waals surface area contributed by atoms with Crippen molar-refractivity contribution in [2.45, 2.75) is 13.3 Å². The summed E-state index contributed by atoms with van der Waals surface area (Å²) >= 11 is 0. The minimum Gasteiger partial charge on any atom is -0.508 e. The highest BCUT2D eigenvalue weighted by Gasteiger charge is 2.27. The van der Waals surface area contributed by atoms with Crippen LogP contribution in [0.15, 0.2) is 48.2 Å². The fourth-order valence-electron chi connectivity index (χ4n) is 2.18. The molecule has 0 aromatic heterocycles. The second-order valence-electron chi connectivity index (χ2n) is 4.72. The van der Waals surface area contributed by atoms with Gasteiger partial charge in [-0.3, -0.25) is 4.79 Å². The van der Waals surface area contributed by atoms with E-state index in [2.05, 4.69) is 6.92 Å². The normalized spacial score (nSPS) is 15.2. The molecular weight excluding hydrogens is 252 g/mol. The quantitative estimate of drug-likeness (QED) is 0.845. The van der Waals surface area contributed by atoms with Crippen molar-refractivity contribution in [2.75, 3.05) is 0 Å². The van der Waals surface area contributed by atoms with Crippen LogP contribution in [0.5, 0.6) is 11.5 Å². The average molecular weight is 266 g/mol. The molecular formula is C17H14O3. The highest BCUT2D eigenvalue weighted by molar-refractivity contribution is 6.14. The zero-order valence-electron chi connectivity index (χ0n) is 11.1. The fourth-order valence-corrected chi connectivity index (χ4v) is 2.18. The van der Waals surface area contributed by atoms with Gasteiger partial charge in [-0.2, -0.15) is 0 Å². The fraction of sp³-hybridized carbons (Fsp3) is 0.118. The van der Waals surface area contributed by atoms with Gasteiger partial charge in [-0.1, -0.05) is 31.2 Å². The number of aryl methyl sites for hydroxylation is 1. The van der Waals surface area contributed by atoms with Crippen molar-refractivity contribution < 1.29 is 14.6 Å². The predicted octanol–water partition coefficient (Wildman–Crippen LogP) is 3.57. The van der Waals surface area contributed by atoms with Gasteiger partial charge in [0.1, 0.15) is 11.5 Å². The largest absolute Gasteiger partial charge is 0.508 e. The number of phenols is 1. The Morgan fingerprint density at radius 2 is 1.90 bits per heavy atom. The first-order valence-corrected chi connectivity index (χ1v) is 6.53. The van der Waals surface area contributed by atoms with Crippen molar-refractivity contribution in [1.82, 2.24) is 0 Å². The topological polar surface area (TPSA) is 46.5 Å². The van der Waals surface area contributed by atoms with Crippen LogP contribution in [-0.2, 0) is 6.42 Å². The van der Waals surface area contributed by atoms with Crippen LogP contribution < -0.4 is 4.74 Å². The van der Waals surface area contributed by atoms with Gasteiger partial charge in [0.05, 0.1) is 5.56 Å². The molecule has 0 radical (unpaired) electrons. The van der Waals surface area contributed by atoms with Gasteiger partial charge >= 0.3 is 0 Å². The summed E-state index contributed by atoms with van der Waals surface area (Å²) in [5, 5.41) is 9.41. The SMILES string of the molecule is CCc1ccc(/C=C2/Oc3cc(O)ccc3C2=O)cc1. The summed E-state index contributed by atoms with van der Waals surface area (Å²) in [4.78, 5) is 12.2. The molecule has 0 aliphatic carbocycles. The number of ether oxygens (including phenoxy) is 1. The van der Waals surface area contributed by atoms with Crippen LogP contribution in [0, 0.1) is 0 Å². The Hall–Kier alpha value is -2.55. The summed E-state index contributed by atoms with van der Waals surface area (Å²) < 4.78 is 5.51. The van der Waals surface area contributed by atoms with Crippen molar-refractivity contribution >= 4 is 11.9 Å². The molecule has 0 saturated heterocycles. The molecule has 3 heteroatoms. The first kappa shape index (κ1) is 12.5. The molecule has 0 atom stereocenters.